The number of ether oxygens (including phenoxy) is 1. The van der Waals surface area contributed by atoms with Gasteiger partial charge in [-0.3, -0.25) is 9.78 Å². The molecule has 2 aromatic carbocycles. The maximum Gasteiger partial charge on any atom is 0.255 e. The van der Waals surface area contributed by atoms with Gasteiger partial charge >= 0.3 is 0 Å². The average Bonchev–Trinajstić information content (AvgIpc) is 2.68. The Balaban J connectivity index is 1.75. The molecule has 1 heterocycles. The summed E-state index contributed by atoms with van der Waals surface area (Å²) in [7, 11) is 3.88. The van der Waals surface area contributed by atoms with Crippen LogP contribution in [0.2, 0.25) is 0 Å². The molecule has 1 amide bonds. The van der Waals surface area contributed by atoms with Gasteiger partial charge in [-0.25, -0.2) is 0 Å². The van der Waals surface area contributed by atoms with Crippen LogP contribution >= 0.6 is 0 Å². The van der Waals surface area contributed by atoms with E-state index < -0.39 is 0 Å². The molecule has 0 fully saturated rings. The second kappa shape index (κ2) is 8.23. The van der Waals surface area contributed by atoms with Crippen molar-refractivity contribution in [3.63, 3.8) is 0 Å². The van der Waals surface area contributed by atoms with Crippen molar-refractivity contribution in [2.75, 3.05) is 30.0 Å². The van der Waals surface area contributed by atoms with Crippen molar-refractivity contribution >= 4 is 23.0 Å². The predicted octanol–water partition coefficient (Wildman–Crippen LogP) is 3.56. The highest BCUT2D eigenvalue weighted by Crippen LogP contribution is 2.23. The highest BCUT2D eigenvalue weighted by Gasteiger charge is 2.11. The molecule has 6 heteroatoms. The van der Waals surface area contributed by atoms with Gasteiger partial charge in [0, 0.05) is 48.9 Å². The van der Waals surface area contributed by atoms with E-state index in [-0.39, 0.29) is 12.5 Å². The molecule has 0 aliphatic carbocycles. The minimum absolute atomic E-state index is 0.172. The monoisotopic (exact) mass is 362 g/mol. The second-order valence-corrected chi connectivity index (χ2v) is 6.26. The minimum Gasteiger partial charge on any atom is -0.487 e. The molecule has 0 radical (unpaired) electrons. The lowest BCUT2D eigenvalue weighted by Gasteiger charge is -2.15. The van der Waals surface area contributed by atoms with Gasteiger partial charge in [0.15, 0.2) is 0 Å². The van der Waals surface area contributed by atoms with Gasteiger partial charge in [-0.15, -0.1) is 0 Å². The number of amides is 1. The van der Waals surface area contributed by atoms with Gasteiger partial charge in [-0.05, 0) is 24.3 Å². The van der Waals surface area contributed by atoms with Crippen molar-refractivity contribution in [2.24, 2.45) is 0 Å². The van der Waals surface area contributed by atoms with Gasteiger partial charge in [0.2, 0.25) is 0 Å². The first-order valence-electron chi connectivity index (χ1n) is 8.53. The van der Waals surface area contributed by atoms with Gasteiger partial charge in [0.25, 0.3) is 5.91 Å². The highest BCUT2D eigenvalue weighted by molar-refractivity contribution is 6.05. The van der Waals surface area contributed by atoms with E-state index >= 15 is 0 Å². The smallest absolute Gasteiger partial charge is 0.255 e. The molecule has 3 aromatic rings. The first-order chi connectivity index (χ1) is 13.0. The molecule has 0 aliphatic rings. The number of benzene rings is 2. The Hall–Kier alpha value is -3.54. The van der Waals surface area contributed by atoms with Gasteiger partial charge < -0.3 is 20.7 Å². The van der Waals surface area contributed by atoms with Crippen molar-refractivity contribution in [3.8, 4) is 5.75 Å². The van der Waals surface area contributed by atoms with Crippen LogP contribution in [-0.4, -0.2) is 25.0 Å². The third kappa shape index (κ3) is 4.55. The van der Waals surface area contributed by atoms with E-state index in [1.807, 2.05) is 61.5 Å². The average molecular weight is 362 g/mol. The number of carbonyl (C=O) groups is 1. The van der Waals surface area contributed by atoms with E-state index in [4.69, 9.17) is 10.5 Å². The minimum atomic E-state index is -0.172. The zero-order valence-corrected chi connectivity index (χ0v) is 15.3. The fourth-order valence-corrected chi connectivity index (χ4v) is 2.57. The SMILES string of the molecule is CN(C)c1cccc(C(=O)Nc2ccccc2COc2ccncc2N)c1. The largest absolute Gasteiger partial charge is 0.487 e. The molecule has 1 aromatic heterocycles. The lowest BCUT2D eigenvalue weighted by Crippen LogP contribution is -2.15. The van der Waals surface area contributed by atoms with Crippen LogP contribution in [0.25, 0.3) is 0 Å². The molecule has 6 nitrogen and oxygen atoms in total. The summed E-state index contributed by atoms with van der Waals surface area (Å²) in [6.45, 7) is 0.280. The Morgan fingerprint density at radius 1 is 1.15 bits per heavy atom. The maximum atomic E-state index is 12.7. The van der Waals surface area contributed by atoms with E-state index in [1.165, 1.54) is 0 Å². The summed E-state index contributed by atoms with van der Waals surface area (Å²) in [5.41, 5.74) is 9.44. The number of nitrogens with zero attached hydrogens (tertiary/aromatic N) is 2. The number of rotatable bonds is 6. The molecule has 0 saturated carbocycles. The Labute approximate surface area is 158 Å². The molecule has 3 rings (SSSR count). The van der Waals surface area contributed by atoms with Crippen molar-refractivity contribution in [2.45, 2.75) is 6.61 Å². The summed E-state index contributed by atoms with van der Waals surface area (Å²) in [5.74, 6) is 0.388. The van der Waals surface area contributed by atoms with E-state index in [0.29, 0.717) is 22.7 Å². The van der Waals surface area contributed by atoms with E-state index in [2.05, 4.69) is 10.3 Å². The molecule has 0 saturated heterocycles. The Bertz CT molecular complexity index is 941. The predicted molar refractivity (Wildman–Crippen MR) is 108 cm³/mol. The fourth-order valence-electron chi connectivity index (χ4n) is 2.57. The van der Waals surface area contributed by atoms with Crippen molar-refractivity contribution in [3.05, 3.63) is 78.1 Å². The number of carbonyl (C=O) groups excluding carboxylic acids is 1. The summed E-state index contributed by atoms with van der Waals surface area (Å²) in [6, 6.07) is 16.7. The maximum absolute atomic E-state index is 12.7. The Morgan fingerprint density at radius 2 is 1.96 bits per heavy atom. The van der Waals surface area contributed by atoms with Crippen LogP contribution in [0.15, 0.2) is 67.0 Å². The topological polar surface area (TPSA) is 80.5 Å². The fraction of sp³-hybridized carbons (Fsp3) is 0.143. The van der Waals surface area contributed by atoms with Gasteiger partial charge in [0.1, 0.15) is 12.4 Å². The quantitative estimate of drug-likeness (QED) is 0.701. The Kier molecular flexibility index (Phi) is 5.56. The number of hydrogen-bond donors (Lipinski definition) is 2. The van der Waals surface area contributed by atoms with Crippen LogP contribution in [0.5, 0.6) is 5.75 Å². The van der Waals surface area contributed by atoms with E-state index in [1.54, 1.807) is 24.5 Å². The zero-order valence-electron chi connectivity index (χ0n) is 15.3. The molecular formula is C21H22N4O2. The summed E-state index contributed by atoms with van der Waals surface area (Å²) in [5, 5.41) is 2.96. The standard InChI is InChI=1S/C21H22N4O2/c1-25(2)17-8-5-7-15(12-17)21(26)24-19-9-4-3-6-16(19)14-27-20-10-11-23-13-18(20)22/h3-13H,14,22H2,1-2H3,(H,24,26). The molecule has 0 spiro atoms. The Morgan fingerprint density at radius 3 is 2.74 bits per heavy atom. The number of nitrogens with two attached hydrogens (primary N) is 1. The van der Waals surface area contributed by atoms with Crippen molar-refractivity contribution < 1.29 is 9.53 Å². The van der Waals surface area contributed by atoms with Gasteiger partial charge in [-0.1, -0.05) is 24.3 Å². The number of para-hydroxylation sites is 1. The number of hydrogen-bond acceptors (Lipinski definition) is 5. The molecule has 0 aliphatic heterocycles. The third-order valence-electron chi connectivity index (χ3n) is 4.08. The van der Waals surface area contributed by atoms with Crippen LogP contribution in [0.3, 0.4) is 0 Å². The normalized spacial score (nSPS) is 10.3. The molecule has 0 atom stereocenters. The van der Waals surface area contributed by atoms with Gasteiger partial charge in [-0.2, -0.15) is 0 Å². The third-order valence-corrected chi connectivity index (χ3v) is 4.08. The van der Waals surface area contributed by atoms with Crippen LogP contribution in [-0.2, 0) is 6.61 Å². The lowest BCUT2D eigenvalue weighted by atomic mass is 10.1. The van der Waals surface area contributed by atoms with Crippen LogP contribution < -0.4 is 20.7 Å². The highest BCUT2D eigenvalue weighted by atomic mass is 16.5. The number of nitrogens with one attached hydrogen (secondary N) is 1. The molecule has 27 heavy (non-hydrogen) atoms. The van der Waals surface area contributed by atoms with Gasteiger partial charge in [0.05, 0.1) is 11.9 Å². The number of pyridine rings is 1. The van der Waals surface area contributed by atoms with E-state index in [9.17, 15) is 4.79 Å². The molecule has 138 valence electrons. The van der Waals surface area contributed by atoms with E-state index in [0.717, 1.165) is 11.3 Å². The number of nitrogen functional groups attached to an aromatic ring is 1. The first kappa shape index (κ1) is 18.3. The summed E-state index contributed by atoms with van der Waals surface area (Å²) in [6.07, 6.45) is 3.16. The molecular weight excluding hydrogens is 340 g/mol. The molecule has 0 bridgehead atoms. The second-order valence-electron chi connectivity index (χ2n) is 6.26. The van der Waals surface area contributed by atoms with Crippen LogP contribution in [0.4, 0.5) is 17.1 Å². The summed E-state index contributed by atoms with van der Waals surface area (Å²) in [4.78, 5) is 18.6. The van der Waals surface area contributed by atoms with Crippen LogP contribution in [0.1, 0.15) is 15.9 Å². The number of anilines is 3. The lowest BCUT2D eigenvalue weighted by molar-refractivity contribution is 0.102. The molecule has 0 unspecified atom stereocenters. The first-order valence-corrected chi connectivity index (χ1v) is 8.53. The molecule has 3 N–H and O–H groups in total. The summed E-state index contributed by atoms with van der Waals surface area (Å²) < 4.78 is 5.78. The number of aromatic nitrogens is 1. The van der Waals surface area contributed by atoms with Crippen LogP contribution in [0, 0.1) is 0 Å². The van der Waals surface area contributed by atoms with Crippen molar-refractivity contribution in [1.29, 1.82) is 0 Å². The zero-order chi connectivity index (χ0) is 19.2. The summed E-state index contributed by atoms with van der Waals surface area (Å²) >= 11 is 0. The van der Waals surface area contributed by atoms with Crippen molar-refractivity contribution in [1.82, 2.24) is 4.98 Å².